The minimum atomic E-state index is 0.241. The van der Waals surface area contributed by atoms with Crippen LogP contribution in [-0.4, -0.2) is 34.3 Å². The molecule has 0 aliphatic rings. The Morgan fingerprint density at radius 2 is 1.62 bits per heavy atom. The predicted octanol–water partition coefficient (Wildman–Crippen LogP) is 2.31. The lowest BCUT2D eigenvalue weighted by Gasteiger charge is -2.20. The van der Waals surface area contributed by atoms with Crippen molar-refractivity contribution in [3.63, 3.8) is 0 Å². The fourth-order valence-corrected chi connectivity index (χ4v) is 2.85. The Hall–Kier alpha value is -3.15. The fraction of sp³-hybridized carbons (Fsp3) is 0.250. The molecule has 0 saturated carbocycles. The summed E-state index contributed by atoms with van der Waals surface area (Å²) in [6.45, 7) is 1.31. The highest BCUT2D eigenvalue weighted by Gasteiger charge is 2.14. The first-order valence-corrected chi connectivity index (χ1v) is 8.65. The first-order chi connectivity index (χ1) is 12.8. The third kappa shape index (κ3) is 4.47. The molecule has 0 aliphatic heterocycles. The van der Waals surface area contributed by atoms with Gasteiger partial charge in [-0.15, -0.1) is 10.2 Å². The topological polar surface area (TPSA) is 67.1 Å². The second-order valence-corrected chi connectivity index (χ2v) is 6.04. The molecule has 1 aromatic heterocycles. The summed E-state index contributed by atoms with van der Waals surface area (Å²) in [6.07, 6.45) is 1.69. The Kier molecular flexibility index (Phi) is 5.98. The smallest absolute Gasteiger partial charge is 0.191 e. The van der Waals surface area contributed by atoms with Gasteiger partial charge in [-0.25, -0.2) is 0 Å². The molecule has 26 heavy (non-hydrogen) atoms. The maximum absolute atomic E-state index is 4.31. The number of nitrogens with zero attached hydrogens (tertiary/aromatic N) is 4. The summed E-state index contributed by atoms with van der Waals surface area (Å²) in [5.74, 6) is 1.84. The minimum Gasteiger partial charge on any atom is -0.355 e. The fourth-order valence-electron chi connectivity index (χ4n) is 2.85. The second-order valence-electron chi connectivity index (χ2n) is 6.04. The van der Waals surface area contributed by atoms with E-state index in [1.54, 1.807) is 13.4 Å². The highest BCUT2D eigenvalue weighted by atomic mass is 15.3. The molecular formula is C20H24N6. The number of benzene rings is 2. The first kappa shape index (κ1) is 17.7. The molecule has 0 spiro atoms. The normalized spacial score (nSPS) is 11.6. The first-order valence-electron chi connectivity index (χ1n) is 8.65. The molecule has 0 bridgehead atoms. The van der Waals surface area contributed by atoms with E-state index >= 15 is 0 Å². The Balaban J connectivity index is 1.68. The highest BCUT2D eigenvalue weighted by Crippen LogP contribution is 2.23. The van der Waals surface area contributed by atoms with Crippen molar-refractivity contribution in [2.75, 3.05) is 13.6 Å². The minimum absolute atomic E-state index is 0.241. The van der Waals surface area contributed by atoms with Crippen molar-refractivity contribution in [3.05, 3.63) is 83.9 Å². The number of aryl methyl sites for hydroxylation is 1. The third-order valence-electron chi connectivity index (χ3n) is 4.32. The van der Waals surface area contributed by atoms with Gasteiger partial charge in [-0.3, -0.25) is 4.99 Å². The summed E-state index contributed by atoms with van der Waals surface area (Å²) in [5.41, 5.74) is 2.55. The van der Waals surface area contributed by atoms with E-state index in [0.717, 1.165) is 18.3 Å². The largest absolute Gasteiger partial charge is 0.355 e. The lowest BCUT2D eigenvalue weighted by molar-refractivity contribution is 0.701. The number of aliphatic imine (C=N–C) groups is 1. The molecule has 6 heteroatoms. The third-order valence-corrected chi connectivity index (χ3v) is 4.32. The van der Waals surface area contributed by atoms with Gasteiger partial charge in [0.25, 0.3) is 0 Å². The standard InChI is InChI=1S/C20H24N6/c1-21-20(23-14-19-25-24-15-26(19)2)22-13-18(16-9-5-3-6-10-16)17-11-7-4-8-12-17/h3-12,15,18H,13-14H2,1-2H3,(H2,21,22,23). The van der Waals surface area contributed by atoms with Gasteiger partial charge >= 0.3 is 0 Å². The van der Waals surface area contributed by atoms with E-state index in [9.17, 15) is 0 Å². The van der Waals surface area contributed by atoms with Gasteiger partial charge in [0.2, 0.25) is 0 Å². The van der Waals surface area contributed by atoms with Crippen molar-refractivity contribution in [3.8, 4) is 0 Å². The molecule has 2 aromatic carbocycles. The van der Waals surface area contributed by atoms with E-state index in [4.69, 9.17) is 0 Å². The van der Waals surface area contributed by atoms with Gasteiger partial charge in [0.05, 0.1) is 6.54 Å². The van der Waals surface area contributed by atoms with E-state index < -0.39 is 0 Å². The lowest BCUT2D eigenvalue weighted by atomic mass is 9.91. The number of guanidine groups is 1. The van der Waals surface area contributed by atoms with Gasteiger partial charge in [-0.1, -0.05) is 60.7 Å². The van der Waals surface area contributed by atoms with Crippen LogP contribution < -0.4 is 10.6 Å². The Labute approximate surface area is 154 Å². The summed E-state index contributed by atoms with van der Waals surface area (Å²) in [5, 5.41) is 14.7. The van der Waals surface area contributed by atoms with Crippen LogP contribution in [-0.2, 0) is 13.6 Å². The van der Waals surface area contributed by atoms with Crippen LogP contribution in [0.2, 0.25) is 0 Å². The lowest BCUT2D eigenvalue weighted by Crippen LogP contribution is -2.39. The van der Waals surface area contributed by atoms with Crippen LogP contribution in [0.1, 0.15) is 22.9 Å². The van der Waals surface area contributed by atoms with Crippen LogP contribution in [0.3, 0.4) is 0 Å². The molecule has 0 unspecified atom stereocenters. The van der Waals surface area contributed by atoms with Crippen molar-refractivity contribution in [1.82, 2.24) is 25.4 Å². The average Bonchev–Trinajstić information content (AvgIpc) is 3.11. The maximum Gasteiger partial charge on any atom is 0.191 e. The van der Waals surface area contributed by atoms with Crippen molar-refractivity contribution in [2.45, 2.75) is 12.5 Å². The van der Waals surface area contributed by atoms with E-state index in [-0.39, 0.29) is 5.92 Å². The van der Waals surface area contributed by atoms with Crippen LogP contribution in [0.25, 0.3) is 0 Å². The molecule has 2 N–H and O–H groups in total. The zero-order chi connectivity index (χ0) is 18.2. The van der Waals surface area contributed by atoms with E-state index in [1.807, 2.05) is 23.7 Å². The van der Waals surface area contributed by atoms with Crippen LogP contribution >= 0.6 is 0 Å². The van der Waals surface area contributed by atoms with Crippen LogP contribution in [0.15, 0.2) is 72.0 Å². The molecular weight excluding hydrogens is 324 g/mol. The summed E-state index contributed by atoms with van der Waals surface area (Å²) in [4.78, 5) is 4.31. The predicted molar refractivity (Wildman–Crippen MR) is 104 cm³/mol. The number of nitrogens with one attached hydrogen (secondary N) is 2. The van der Waals surface area contributed by atoms with Gasteiger partial charge in [-0.05, 0) is 11.1 Å². The molecule has 0 saturated heterocycles. The van der Waals surface area contributed by atoms with Crippen LogP contribution in [0.4, 0.5) is 0 Å². The maximum atomic E-state index is 4.31. The molecule has 0 fully saturated rings. The Morgan fingerprint density at radius 1 is 1.00 bits per heavy atom. The summed E-state index contributed by atoms with van der Waals surface area (Å²) in [7, 11) is 3.69. The Morgan fingerprint density at radius 3 is 2.12 bits per heavy atom. The van der Waals surface area contributed by atoms with Crippen molar-refractivity contribution in [2.24, 2.45) is 12.0 Å². The van der Waals surface area contributed by atoms with Crippen molar-refractivity contribution >= 4 is 5.96 Å². The quantitative estimate of drug-likeness (QED) is 0.530. The van der Waals surface area contributed by atoms with Crippen LogP contribution in [0.5, 0.6) is 0 Å². The molecule has 6 nitrogen and oxygen atoms in total. The van der Waals surface area contributed by atoms with Crippen molar-refractivity contribution < 1.29 is 0 Å². The molecule has 0 radical (unpaired) electrons. The SMILES string of the molecule is CN=C(NCc1nncn1C)NCC(c1ccccc1)c1ccccc1. The summed E-state index contributed by atoms with van der Waals surface area (Å²) >= 11 is 0. The highest BCUT2D eigenvalue weighted by molar-refractivity contribution is 5.79. The van der Waals surface area contributed by atoms with Gasteiger partial charge < -0.3 is 15.2 Å². The van der Waals surface area contributed by atoms with E-state index in [1.165, 1.54) is 11.1 Å². The molecule has 1 heterocycles. The number of aromatic nitrogens is 3. The average molecular weight is 348 g/mol. The van der Waals surface area contributed by atoms with E-state index in [2.05, 4.69) is 74.4 Å². The van der Waals surface area contributed by atoms with Gasteiger partial charge in [0.15, 0.2) is 11.8 Å². The molecule has 0 amide bonds. The Bertz CT molecular complexity index is 786. The second kappa shape index (κ2) is 8.80. The van der Waals surface area contributed by atoms with Crippen LogP contribution in [0, 0.1) is 0 Å². The molecule has 3 rings (SSSR count). The monoisotopic (exact) mass is 348 g/mol. The number of hydrogen-bond donors (Lipinski definition) is 2. The molecule has 0 aliphatic carbocycles. The van der Waals surface area contributed by atoms with Gasteiger partial charge in [0, 0.05) is 26.6 Å². The van der Waals surface area contributed by atoms with Gasteiger partial charge in [0.1, 0.15) is 6.33 Å². The zero-order valence-electron chi connectivity index (χ0n) is 15.1. The molecule has 3 aromatic rings. The number of rotatable bonds is 6. The van der Waals surface area contributed by atoms with Gasteiger partial charge in [-0.2, -0.15) is 0 Å². The zero-order valence-corrected chi connectivity index (χ0v) is 15.1. The van der Waals surface area contributed by atoms with Crippen molar-refractivity contribution in [1.29, 1.82) is 0 Å². The summed E-state index contributed by atoms with van der Waals surface area (Å²) < 4.78 is 1.89. The van der Waals surface area contributed by atoms with E-state index in [0.29, 0.717) is 6.54 Å². The number of hydrogen-bond acceptors (Lipinski definition) is 3. The summed E-state index contributed by atoms with van der Waals surface area (Å²) in [6, 6.07) is 21.0. The molecule has 134 valence electrons. The molecule has 0 atom stereocenters.